The van der Waals surface area contributed by atoms with E-state index < -0.39 is 6.04 Å². The van der Waals surface area contributed by atoms with Crippen molar-refractivity contribution in [1.82, 2.24) is 15.2 Å². The molecule has 0 saturated carbocycles. The van der Waals surface area contributed by atoms with Gasteiger partial charge in [-0.15, -0.1) is 0 Å². The van der Waals surface area contributed by atoms with E-state index in [-0.39, 0.29) is 18.2 Å². The van der Waals surface area contributed by atoms with Gasteiger partial charge in [0.05, 0.1) is 31.7 Å². The Bertz CT molecular complexity index is 739. The minimum atomic E-state index is -0.648. The number of hydrogen-bond donors (Lipinski definition) is 1. The maximum Gasteiger partial charge on any atom is 0.263 e. The number of benzene rings is 1. The molecule has 0 bridgehead atoms. The summed E-state index contributed by atoms with van der Waals surface area (Å²) in [4.78, 5) is 32.6. The second-order valence-electron chi connectivity index (χ2n) is 5.79. The minimum absolute atomic E-state index is 0.0630. The summed E-state index contributed by atoms with van der Waals surface area (Å²) in [6.45, 7) is 2.19. The van der Waals surface area contributed by atoms with Gasteiger partial charge in [-0.05, 0) is 12.1 Å². The zero-order valence-electron chi connectivity index (χ0n) is 13.0. The number of hydrogen-bond acceptors (Lipinski definition) is 6. The summed E-state index contributed by atoms with van der Waals surface area (Å²) >= 11 is 0. The van der Waals surface area contributed by atoms with Crippen LogP contribution in [0.25, 0.3) is 0 Å². The number of aliphatic imine (C=N–C) groups is 1. The van der Waals surface area contributed by atoms with Crippen LogP contribution in [0.15, 0.2) is 34.4 Å². The SMILES string of the molecule is O=C1NN=C2c3ccccc3N=CN2C1CC(=O)N1CCOCC1. The molecule has 3 heterocycles. The Morgan fingerprint density at radius 2 is 2.08 bits per heavy atom. The fourth-order valence-electron chi connectivity index (χ4n) is 3.05. The van der Waals surface area contributed by atoms with E-state index in [1.54, 1.807) is 16.1 Å². The van der Waals surface area contributed by atoms with Gasteiger partial charge < -0.3 is 14.5 Å². The molecule has 1 saturated heterocycles. The highest BCUT2D eigenvalue weighted by atomic mass is 16.5. The summed E-state index contributed by atoms with van der Waals surface area (Å²) in [6, 6.07) is 6.93. The lowest BCUT2D eigenvalue weighted by Crippen LogP contribution is -2.56. The van der Waals surface area contributed by atoms with Crippen LogP contribution in [0.2, 0.25) is 0 Å². The molecule has 3 aliphatic rings. The van der Waals surface area contributed by atoms with Crippen LogP contribution in [0.4, 0.5) is 5.69 Å². The Labute approximate surface area is 138 Å². The molecule has 0 spiro atoms. The molecule has 1 unspecified atom stereocenters. The molecule has 0 aliphatic carbocycles. The number of amides is 2. The van der Waals surface area contributed by atoms with E-state index in [4.69, 9.17) is 4.74 Å². The van der Waals surface area contributed by atoms with Crippen molar-refractivity contribution >= 4 is 29.7 Å². The number of fused-ring (bicyclic) bond motifs is 3. The van der Waals surface area contributed by atoms with E-state index in [0.717, 1.165) is 11.3 Å². The Morgan fingerprint density at radius 3 is 2.92 bits per heavy atom. The number of amidine groups is 1. The molecule has 4 rings (SSSR count). The van der Waals surface area contributed by atoms with E-state index in [1.807, 2.05) is 24.3 Å². The van der Waals surface area contributed by atoms with Crippen molar-refractivity contribution in [2.75, 3.05) is 26.3 Å². The minimum Gasteiger partial charge on any atom is -0.378 e. The largest absolute Gasteiger partial charge is 0.378 e. The van der Waals surface area contributed by atoms with Crippen molar-refractivity contribution < 1.29 is 14.3 Å². The topological polar surface area (TPSA) is 86.6 Å². The van der Waals surface area contributed by atoms with Gasteiger partial charge in [-0.1, -0.05) is 12.1 Å². The highest BCUT2D eigenvalue weighted by molar-refractivity contribution is 6.14. The molecule has 0 radical (unpaired) electrons. The van der Waals surface area contributed by atoms with Crippen LogP contribution in [-0.2, 0) is 14.3 Å². The fourth-order valence-corrected chi connectivity index (χ4v) is 3.05. The van der Waals surface area contributed by atoms with Gasteiger partial charge in [-0.2, -0.15) is 5.10 Å². The van der Waals surface area contributed by atoms with Crippen molar-refractivity contribution in [2.24, 2.45) is 10.1 Å². The number of carbonyl (C=O) groups excluding carboxylic acids is 2. The van der Waals surface area contributed by atoms with Crippen LogP contribution in [0.1, 0.15) is 12.0 Å². The Balaban J connectivity index is 1.57. The third kappa shape index (κ3) is 2.54. The first-order valence-corrected chi connectivity index (χ1v) is 7.89. The summed E-state index contributed by atoms with van der Waals surface area (Å²) in [7, 11) is 0. The molecule has 1 aromatic carbocycles. The van der Waals surface area contributed by atoms with Crippen LogP contribution in [0.5, 0.6) is 0 Å². The molecule has 1 N–H and O–H groups in total. The second kappa shape index (κ2) is 6.04. The van der Waals surface area contributed by atoms with Gasteiger partial charge in [0, 0.05) is 18.7 Å². The molecule has 124 valence electrons. The monoisotopic (exact) mass is 327 g/mol. The second-order valence-corrected chi connectivity index (χ2v) is 5.79. The zero-order valence-corrected chi connectivity index (χ0v) is 13.0. The van der Waals surface area contributed by atoms with Crippen LogP contribution < -0.4 is 5.43 Å². The van der Waals surface area contributed by atoms with Crippen molar-refractivity contribution in [3.05, 3.63) is 29.8 Å². The lowest BCUT2D eigenvalue weighted by Gasteiger charge is -2.36. The van der Waals surface area contributed by atoms with Crippen LogP contribution in [0.3, 0.4) is 0 Å². The molecule has 1 aromatic rings. The van der Waals surface area contributed by atoms with Crippen molar-refractivity contribution in [3.63, 3.8) is 0 Å². The van der Waals surface area contributed by atoms with E-state index in [2.05, 4.69) is 15.5 Å². The Kier molecular flexibility index (Phi) is 3.73. The summed E-state index contributed by atoms with van der Waals surface area (Å²) in [5, 5.41) is 4.15. The Morgan fingerprint density at radius 1 is 1.29 bits per heavy atom. The van der Waals surface area contributed by atoms with Crippen molar-refractivity contribution in [1.29, 1.82) is 0 Å². The molecular weight excluding hydrogens is 310 g/mol. The maximum absolute atomic E-state index is 12.5. The van der Waals surface area contributed by atoms with Crippen molar-refractivity contribution in [3.8, 4) is 0 Å². The highest BCUT2D eigenvalue weighted by Gasteiger charge is 2.37. The molecule has 3 aliphatic heterocycles. The number of nitrogens with zero attached hydrogens (tertiary/aromatic N) is 4. The number of morpholine rings is 1. The molecule has 24 heavy (non-hydrogen) atoms. The molecule has 0 aromatic heterocycles. The lowest BCUT2D eigenvalue weighted by atomic mass is 10.0. The highest BCUT2D eigenvalue weighted by Crippen LogP contribution is 2.27. The first kappa shape index (κ1) is 14.8. The predicted octanol–water partition coefficient (Wildman–Crippen LogP) is 0.0709. The predicted molar refractivity (Wildman–Crippen MR) is 86.9 cm³/mol. The smallest absolute Gasteiger partial charge is 0.263 e. The van der Waals surface area contributed by atoms with Gasteiger partial charge in [-0.3, -0.25) is 9.59 Å². The average Bonchev–Trinajstić information content (AvgIpc) is 2.64. The molecule has 8 heteroatoms. The molecule has 2 amide bonds. The van der Waals surface area contributed by atoms with Crippen LogP contribution in [0, 0.1) is 0 Å². The van der Waals surface area contributed by atoms with E-state index in [1.165, 1.54) is 0 Å². The van der Waals surface area contributed by atoms with Crippen LogP contribution >= 0.6 is 0 Å². The first-order chi connectivity index (χ1) is 11.7. The number of rotatable bonds is 2. The molecular formula is C16H17N5O3. The number of nitrogens with one attached hydrogen (secondary N) is 1. The van der Waals surface area contributed by atoms with Gasteiger partial charge in [0.15, 0.2) is 5.84 Å². The quantitative estimate of drug-likeness (QED) is 0.833. The lowest BCUT2D eigenvalue weighted by molar-refractivity contribution is -0.139. The molecule has 1 fully saturated rings. The summed E-state index contributed by atoms with van der Waals surface area (Å²) in [6.07, 6.45) is 1.66. The van der Waals surface area contributed by atoms with Gasteiger partial charge >= 0.3 is 0 Å². The normalized spacial score (nSPS) is 22.4. The summed E-state index contributed by atoms with van der Waals surface area (Å²) in [5.74, 6) is 0.248. The van der Waals surface area contributed by atoms with Crippen molar-refractivity contribution in [2.45, 2.75) is 12.5 Å². The number of carbonyl (C=O) groups is 2. The molecule has 1 atom stereocenters. The van der Waals surface area contributed by atoms with Gasteiger partial charge in [0.1, 0.15) is 6.04 Å². The third-order valence-corrected chi connectivity index (χ3v) is 4.35. The number of hydrazone groups is 1. The van der Waals surface area contributed by atoms with Crippen LogP contribution in [-0.4, -0.2) is 66.1 Å². The summed E-state index contributed by atoms with van der Waals surface area (Å²) < 4.78 is 5.26. The zero-order chi connectivity index (χ0) is 16.5. The number of ether oxygens (including phenoxy) is 1. The summed E-state index contributed by atoms with van der Waals surface area (Å²) in [5.41, 5.74) is 4.16. The van der Waals surface area contributed by atoms with Gasteiger partial charge in [-0.25, -0.2) is 10.4 Å². The van der Waals surface area contributed by atoms with Gasteiger partial charge in [0.2, 0.25) is 5.91 Å². The van der Waals surface area contributed by atoms with E-state index in [0.29, 0.717) is 32.1 Å². The van der Waals surface area contributed by atoms with E-state index >= 15 is 0 Å². The molecule has 8 nitrogen and oxygen atoms in total. The first-order valence-electron chi connectivity index (χ1n) is 7.89. The van der Waals surface area contributed by atoms with E-state index in [9.17, 15) is 9.59 Å². The Hall–Kier alpha value is -2.74. The average molecular weight is 327 g/mol. The standard InChI is InChI=1S/C16H17N5O3/c22-14(20-5-7-24-8-6-20)9-13-16(23)19-18-15-11-3-1-2-4-12(11)17-10-21(13)15/h1-4,10,13H,5-9H2,(H,19,23). The fraction of sp³-hybridized carbons (Fsp3) is 0.375. The maximum atomic E-state index is 12.5. The number of para-hydroxylation sites is 1. The van der Waals surface area contributed by atoms with Gasteiger partial charge in [0.25, 0.3) is 5.91 Å². The third-order valence-electron chi connectivity index (χ3n) is 4.35.